The van der Waals surface area contributed by atoms with Crippen molar-refractivity contribution in [2.75, 3.05) is 12.4 Å². The van der Waals surface area contributed by atoms with E-state index in [0.717, 1.165) is 40.5 Å². The maximum atomic E-state index is 13.5. The molecule has 0 saturated heterocycles. The largest absolute Gasteiger partial charge is 0.327 e. The fraction of sp³-hybridized carbons (Fsp3) is 0.391. The van der Waals surface area contributed by atoms with Crippen molar-refractivity contribution in [3.05, 3.63) is 63.6 Å². The molecule has 1 N–H and O–H groups in total. The Kier molecular flexibility index (Phi) is 6.23. The van der Waals surface area contributed by atoms with Crippen LogP contribution in [0.5, 0.6) is 0 Å². The number of carbonyl (C=O) groups is 2. The lowest BCUT2D eigenvalue weighted by molar-refractivity contribution is -0.128. The Hall–Kier alpha value is -2.14. The molecule has 2 aromatic rings. The topological polar surface area (TPSA) is 49.4 Å². The van der Waals surface area contributed by atoms with Crippen molar-refractivity contribution in [1.29, 1.82) is 0 Å². The molecule has 0 unspecified atom stereocenters. The van der Waals surface area contributed by atoms with Crippen LogP contribution in [0.4, 0.5) is 5.69 Å². The van der Waals surface area contributed by atoms with Gasteiger partial charge in [0.25, 0.3) is 5.91 Å². The van der Waals surface area contributed by atoms with E-state index in [0.29, 0.717) is 18.4 Å². The van der Waals surface area contributed by atoms with Crippen molar-refractivity contribution in [2.24, 2.45) is 0 Å². The lowest BCUT2D eigenvalue weighted by Gasteiger charge is -2.43. The Morgan fingerprint density at radius 2 is 1.54 bits per heavy atom. The summed E-state index contributed by atoms with van der Waals surface area (Å²) in [5.41, 5.74) is 2.68. The minimum atomic E-state index is -0.822. The Bertz CT molecular complexity index is 850. The molecule has 28 heavy (non-hydrogen) atoms. The van der Waals surface area contributed by atoms with E-state index in [-0.39, 0.29) is 11.8 Å². The standard InChI is InChI=1S/C23H27BrN2O2/c1-16-8-7-9-17(2)20(16)25-22(28)23(14-5-4-6-15-23)26(3)21(27)18-10-12-19(24)13-11-18/h7-13H,4-6,14-15H2,1-3H3,(H,25,28). The maximum absolute atomic E-state index is 13.5. The second-order valence-corrected chi connectivity index (χ2v) is 8.60. The van der Waals surface area contributed by atoms with Crippen LogP contribution < -0.4 is 5.32 Å². The number of likely N-dealkylation sites (N-methyl/N-ethyl adjacent to an activating group) is 1. The van der Waals surface area contributed by atoms with Crippen molar-refractivity contribution < 1.29 is 9.59 Å². The SMILES string of the molecule is Cc1cccc(C)c1NC(=O)C1(N(C)C(=O)c2ccc(Br)cc2)CCCCC1. The summed E-state index contributed by atoms with van der Waals surface area (Å²) in [4.78, 5) is 28.4. The lowest BCUT2D eigenvalue weighted by Crippen LogP contribution is -2.58. The second kappa shape index (κ2) is 8.48. The number of rotatable bonds is 4. The van der Waals surface area contributed by atoms with Crippen LogP contribution in [-0.2, 0) is 4.79 Å². The Morgan fingerprint density at radius 1 is 0.964 bits per heavy atom. The summed E-state index contributed by atoms with van der Waals surface area (Å²) in [6, 6.07) is 13.3. The summed E-state index contributed by atoms with van der Waals surface area (Å²) in [5.74, 6) is -0.205. The second-order valence-electron chi connectivity index (χ2n) is 7.68. The minimum absolute atomic E-state index is 0.0856. The van der Waals surface area contributed by atoms with Crippen LogP contribution >= 0.6 is 15.9 Å². The first-order valence-corrected chi connectivity index (χ1v) is 10.6. The number of nitrogens with one attached hydrogen (secondary N) is 1. The predicted octanol–water partition coefficient (Wildman–Crippen LogP) is 5.48. The summed E-state index contributed by atoms with van der Waals surface area (Å²) in [7, 11) is 1.76. The van der Waals surface area contributed by atoms with Gasteiger partial charge in [-0.15, -0.1) is 0 Å². The number of para-hydroxylation sites is 1. The van der Waals surface area contributed by atoms with Gasteiger partial charge in [-0.1, -0.05) is 53.4 Å². The van der Waals surface area contributed by atoms with Gasteiger partial charge in [-0.25, -0.2) is 0 Å². The van der Waals surface area contributed by atoms with Crippen molar-refractivity contribution >= 4 is 33.4 Å². The van der Waals surface area contributed by atoms with Gasteiger partial charge in [0.15, 0.2) is 0 Å². The van der Waals surface area contributed by atoms with E-state index in [2.05, 4.69) is 21.2 Å². The zero-order valence-electron chi connectivity index (χ0n) is 16.7. The van der Waals surface area contributed by atoms with Gasteiger partial charge in [0.2, 0.25) is 5.91 Å². The minimum Gasteiger partial charge on any atom is -0.327 e. The molecular formula is C23H27BrN2O2. The molecule has 0 radical (unpaired) electrons. The van der Waals surface area contributed by atoms with Crippen molar-refractivity contribution in [3.63, 3.8) is 0 Å². The van der Waals surface area contributed by atoms with Crippen molar-refractivity contribution in [1.82, 2.24) is 4.90 Å². The van der Waals surface area contributed by atoms with Crippen LogP contribution in [0.15, 0.2) is 46.9 Å². The molecule has 148 valence electrons. The van der Waals surface area contributed by atoms with E-state index in [1.807, 2.05) is 44.2 Å². The number of hydrogen-bond acceptors (Lipinski definition) is 2. The number of hydrogen-bond donors (Lipinski definition) is 1. The van der Waals surface area contributed by atoms with Gasteiger partial charge in [-0.2, -0.15) is 0 Å². The molecule has 2 amide bonds. The van der Waals surface area contributed by atoms with Gasteiger partial charge in [0, 0.05) is 22.8 Å². The highest BCUT2D eigenvalue weighted by Crippen LogP contribution is 2.36. The molecule has 2 aromatic carbocycles. The average molecular weight is 443 g/mol. The molecule has 0 atom stereocenters. The van der Waals surface area contributed by atoms with Crippen LogP contribution in [-0.4, -0.2) is 29.3 Å². The van der Waals surface area contributed by atoms with Crippen molar-refractivity contribution in [2.45, 2.75) is 51.5 Å². The summed E-state index contributed by atoms with van der Waals surface area (Å²) >= 11 is 3.40. The molecule has 1 aliphatic rings. The molecule has 4 nitrogen and oxygen atoms in total. The Balaban J connectivity index is 1.92. The van der Waals surface area contributed by atoms with Crippen molar-refractivity contribution in [3.8, 4) is 0 Å². The number of aryl methyl sites for hydroxylation is 2. The van der Waals surface area contributed by atoms with Gasteiger partial charge >= 0.3 is 0 Å². The van der Waals surface area contributed by atoms with Gasteiger partial charge in [0.1, 0.15) is 5.54 Å². The first-order valence-electron chi connectivity index (χ1n) is 9.76. The fourth-order valence-electron chi connectivity index (χ4n) is 4.07. The third-order valence-electron chi connectivity index (χ3n) is 5.86. The molecule has 3 rings (SSSR count). The number of benzene rings is 2. The monoisotopic (exact) mass is 442 g/mol. The summed E-state index contributed by atoms with van der Waals surface area (Å²) < 4.78 is 0.923. The van der Waals surface area contributed by atoms with Crippen LogP contribution in [0.3, 0.4) is 0 Å². The molecule has 0 aromatic heterocycles. The smallest absolute Gasteiger partial charge is 0.254 e. The maximum Gasteiger partial charge on any atom is 0.254 e. The molecular weight excluding hydrogens is 416 g/mol. The normalized spacial score (nSPS) is 15.7. The van der Waals surface area contributed by atoms with E-state index >= 15 is 0 Å². The zero-order valence-corrected chi connectivity index (χ0v) is 18.3. The Labute approximate surface area is 175 Å². The molecule has 0 aliphatic heterocycles. The van der Waals surface area contributed by atoms with Crippen LogP contribution in [0.2, 0.25) is 0 Å². The highest BCUT2D eigenvalue weighted by molar-refractivity contribution is 9.10. The number of carbonyl (C=O) groups excluding carboxylic acids is 2. The molecule has 5 heteroatoms. The zero-order chi connectivity index (χ0) is 20.3. The van der Waals surface area contributed by atoms with E-state index in [1.54, 1.807) is 24.1 Å². The van der Waals surface area contributed by atoms with E-state index in [1.165, 1.54) is 0 Å². The summed E-state index contributed by atoms with van der Waals surface area (Å²) in [5, 5.41) is 3.15. The van der Waals surface area contributed by atoms with Gasteiger partial charge in [-0.05, 0) is 62.1 Å². The van der Waals surface area contributed by atoms with Gasteiger partial charge in [-0.3, -0.25) is 9.59 Å². The molecule has 0 bridgehead atoms. The van der Waals surface area contributed by atoms with Crippen LogP contribution in [0.25, 0.3) is 0 Å². The summed E-state index contributed by atoms with van der Waals surface area (Å²) in [6.45, 7) is 3.99. The van der Waals surface area contributed by atoms with Crippen LogP contribution in [0, 0.1) is 13.8 Å². The molecule has 1 fully saturated rings. The number of halogens is 1. The van der Waals surface area contributed by atoms with Crippen LogP contribution in [0.1, 0.15) is 53.6 Å². The highest BCUT2D eigenvalue weighted by atomic mass is 79.9. The molecule has 0 heterocycles. The lowest BCUT2D eigenvalue weighted by atomic mass is 9.79. The number of anilines is 1. The quantitative estimate of drug-likeness (QED) is 0.681. The van der Waals surface area contributed by atoms with E-state index in [9.17, 15) is 9.59 Å². The van der Waals surface area contributed by atoms with E-state index in [4.69, 9.17) is 0 Å². The first-order chi connectivity index (χ1) is 13.3. The van der Waals surface area contributed by atoms with Gasteiger partial charge in [0.05, 0.1) is 0 Å². The Morgan fingerprint density at radius 3 is 2.11 bits per heavy atom. The third kappa shape index (κ3) is 4.00. The first kappa shape index (κ1) is 20.6. The predicted molar refractivity (Wildman–Crippen MR) is 117 cm³/mol. The third-order valence-corrected chi connectivity index (χ3v) is 6.39. The molecule has 0 spiro atoms. The fourth-order valence-corrected chi connectivity index (χ4v) is 4.34. The number of amides is 2. The highest BCUT2D eigenvalue weighted by Gasteiger charge is 2.45. The average Bonchev–Trinajstić information content (AvgIpc) is 2.70. The number of nitrogens with zero attached hydrogens (tertiary/aromatic N) is 1. The van der Waals surface area contributed by atoms with Gasteiger partial charge < -0.3 is 10.2 Å². The van der Waals surface area contributed by atoms with E-state index < -0.39 is 5.54 Å². The molecule has 1 aliphatic carbocycles. The molecule has 1 saturated carbocycles. The summed E-state index contributed by atoms with van der Waals surface area (Å²) in [6.07, 6.45) is 4.35.